The number of carbonyl (C=O) groups is 2. The highest BCUT2D eigenvalue weighted by Gasteiger charge is 2.59. The van der Waals surface area contributed by atoms with Crippen LogP contribution in [0.1, 0.15) is 55.8 Å². The average molecular weight is 476 g/mol. The van der Waals surface area contributed by atoms with Crippen LogP contribution in [0.25, 0.3) is 5.57 Å². The zero-order valence-electron chi connectivity index (χ0n) is 20.2. The first-order valence-electron chi connectivity index (χ1n) is 12.7. The number of likely N-dealkylation sites (tertiary alicyclic amines) is 1. The molecule has 1 aromatic heterocycles. The van der Waals surface area contributed by atoms with Crippen molar-refractivity contribution in [2.45, 2.75) is 50.5 Å². The monoisotopic (exact) mass is 475 g/mol. The summed E-state index contributed by atoms with van der Waals surface area (Å²) in [5.41, 5.74) is 8.35. The van der Waals surface area contributed by atoms with Gasteiger partial charge in [0.05, 0.1) is 5.41 Å². The van der Waals surface area contributed by atoms with Gasteiger partial charge in [0.15, 0.2) is 0 Å². The van der Waals surface area contributed by atoms with Crippen LogP contribution in [0.4, 0.5) is 4.79 Å². The third-order valence-electron chi connectivity index (χ3n) is 9.00. The second kappa shape index (κ2) is 8.21. The van der Waals surface area contributed by atoms with Crippen molar-refractivity contribution in [1.82, 2.24) is 19.8 Å². The van der Waals surface area contributed by atoms with Crippen molar-refractivity contribution >= 4 is 17.6 Å². The molecule has 3 unspecified atom stereocenters. The number of nitrogens with two attached hydrogens (primary N) is 1. The number of rotatable bonds is 4. The molecular weight excluding hydrogens is 442 g/mol. The molecule has 0 radical (unpaired) electrons. The maximum absolute atomic E-state index is 13.1. The van der Waals surface area contributed by atoms with Crippen LogP contribution in [0.3, 0.4) is 0 Å². The fourth-order valence-electron chi connectivity index (χ4n) is 7.31. The fourth-order valence-corrected chi connectivity index (χ4v) is 7.31. The number of nitrogens with zero attached hydrogens (tertiary/aromatic N) is 4. The molecule has 2 N–H and O–H groups in total. The molecule has 8 nitrogen and oxygen atoms in total. The molecule has 35 heavy (non-hydrogen) atoms. The molecular formula is C27H33N5O3. The molecule has 5 fully saturated rings. The van der Waals surface area contributed by atoms with E-state index < -0.39 is 0 Å². The molecule has 4 saturated carbocycles. The Hall–Kier alpha value is -3.16. The molecule has 184 valence electrons. The van der Waals surface area contributed by atoms with Crippen LogP contribution >= 0.6 is 0 Å². The van der Waals surface area contributed by atoms with Crippen LogP contribution in [0.2, 0.25) is 0 Å². The van der Waals surface area contributed by atoms with Crippen molar-refractivity contribution in [3.8, 4) is 0 Å². The number of amides is 2. The van der Waals surface area contributed by atoms with Crippen molar-refractivity contribution in [1.29, 1.82) is 0 Å². The van der Waals surface area contributed by atoms with Crippen molar-refractivity contribution < 1.29 is 14.3 Å². The summed E-state index contributed by atoms with van der Waals surface area (Å²) in [4.78, 5) is 38.3. The fraction of sp³-hybridized carbons (Fsp3) is 0.556. The van der Waals surface area contributed by atoms with Crippen LogP contribution in [-0.2, 0) is 9.53 Å². The smallest absolute Gasteiger partial charge is 0.410 e. The van der Waals surface area contributed by atoms with E-state index in [9.17, 15) is 9.59 Å². The van der Waals surface area contributed by atoms with Gasteiger partial charge in [0.1, 0.15) is 11.9 Å². The Bertz CT molecular complexity index is 1110. The van der Waals surface area contributed by atoms with E-state index in [1.165, 1.54) is 0 Å². The predicted octanol–water partition coefficient (Wildman–Crippen LogP) is 3.44. The normalized spacial score (nSPS) is 35.4. The van der Waals surface area contributed by atoms with Gasteiger partial charge in [0, 0.05) is 61.5 Å². The Labute approximate surface area is 205 Å². The zero-order chi connectivity index (χ0) is 24.3. The molecule has 6 aliphatic rings. The first-order chi connectivity index (χ1) is 16.8. The highest BCUT2D eigenvalue weighted by molar-refractivity contribution is 5.81. The lowest BCUT2D eigenvalue weighted by Crippen LogP contribution is -2.59. The Morgan fingerprint density at radius 3 is 2.51 bits per heavy atom. The Morgan fingerprint density at radius 2 is 1.86 bits per heavy atom. The minimum Gasteiger partial charge on any atom is -0.446 e. The highest BCUT2D eigenvalue weighted by Crippen LogP contribution is 2.60. The molecule has 0 aromatic carbocycles. The van der Waals surface area contributed by atoms with Gasteiger partial charge in [0.2, 0.25) is 5.91 Å². The molecule has 1 saturated heterocycles. The van der Waals surface area contributed by atoms with Crippen molar-refractivity contribution in [3.63, 3.8) is 0 Å². The molecule has 7 rings (SSSR count). The maximum atomic E-state index is 13.1. The summed E-state index contributed by atoms with van der Waals surface area (Å²) >= 11 is 0. The van der Waals surface area contributed by atoms with Crippen LogP contribution in [0.15, 0.2) is 43.0 Å². The van der Waals surface area contributed by atoms with E-state index in [0.29, 0.717) is 19.0 Å². The Morgan fingerprint density at radius 1 is 1.14 bits per heavy atom. The molecule has 4 aliphatic carbocycles. The zero-order valence-corrected chi connectivity index (χ0v) is 20.2. The topological polar surface area (TPSA) is 102 Å². The number of hydrogen-bond donors (Lipinski definition) is 1. The number of primary amides is 1. The van der Waals surface area contributed by atoms with E-state index in [1.54, 1.807) is 4.90 Å². The third-order valence-corrected chi connectivity index (χ3v) is 9.00. The van der Waals surface area contributed by atoms with Gasteiger partial charge in [-0.25, -0.2) is 14.8 Å². The van der Waals surface area contributed by atoms with Gasteiger partial charge in [0.25, 0.3) is 0 Å². The van der Waals surface area contributed by atoms with E-state index in [-0.39, 0.29) is 41.3 Å². The molecule has 1 aromatic rings. The molecule has 4 bridgehead atoms. The van der Waals surface area contributed by atoms with Crippen molar-refractivity contribution in [2.75, 3.05) is 20.1 Å². The molecule has 3 atom stereocenters. The maximum Gasteiger partial charge on any atom is 0.410 e. The summed E-state index contributed by atoms with van der Waals surface area (Å²) in [5, 5.41) is 0. The first-order valence-corrected chi connectivity index (χ1v) is 12.7. The van der Waals surface area contributed by atoms with E-state index in [1.807, 2.05) is 42.7 Å². The van der Waals surface area contributed by atoms with E-state index in [2.05, 4.69) is 16.5 Å². The summed E-state index contributed by atoms with van der Waals surface area (Å²) < 4.78 is 6.10. The van der Waals surface area contributed by atoms with Crippen molar-refractivity contribution in [3.05, 3.63) is 54.4 Å². The largest absolute Gasteiger partial charge is 0.446 e. The number of allylic oxidation sites excluding steroid dienone is 3. The van der Waals surface area contributed by atoms with Gasteiger partial charge in [-0.2, -0.15) is 0 Å². The van der Waals surface area contributed by atoms with E-state index in [0.717, 1.165) is 61.2 Å². The number of aromatic nitrogens is 2. The van der Waals surface area contributed by atoms with E-state index >= 15 is 0 Å². The highest BCUT2D eigenvalue weighted by atomic mass is 16.6. The summed E-state index contributed by atoms with van der Waals surface area (Å²) in [5.74, 6) is 1.76. The van der Waals surface area contributed by atoms with Crippen LogP contribution in [0, 0.1) is 23.2 Å². The van der Waals surface area contributed by atoms with E-state index in [4.69, 9.17) is 10.5 Å². The number of ether oxygens (including phenoxy) is 1. The summed E-state index contributed by atoms with van der Waals surface area (Å²) in [6.45, 7) is 5.19. The molecule has 0 spiro atoms. The Balaban J connectivity index is 1.08. The second-order valence-electron chi connectivity index (χ2n) is 11.2. The first kappa shape index (κ1) is 22.3. The SMILES string of the molecule is C=C1C=CC(c2cnc(C3CCN(C(=O)OC4C5CC6CC4CC(C(N)=O)(C6)C5)C3)nc2)=CN1C. The van der Waals surface area contributed by atoms with Gasteiger partial charge in [-0.05, 0) is 62.4 Å². The Kier molecular flexibility index (Phi) is 5.23. The second-order valence-corrected chi connectivity index (χ2v) is 11.2. The molecule has 2 amide bonds. The van der Waals surface area contributed by atoms with Gasteiger partial charge in [-0.15, -0.1) is 0 Å². The van der Waals surface area contributed by atoms with Gasteiger partial charge < -0.3 is 20.3 Å². The summed E-state index contributed by atoms with van der Waals surface area (Å²) in [7, 11) is 1.96. The quantitative estimate of drug-likeness (QED) is 0.716. The van der Waals surface area contributed by atoms with Crippen molar-refractivity contribution in [2.24, 2.45) is 28.9 Å². The molecule has 3 heterocycles. The van der Waals surface area contributed by atoms with Gasteiger partial charge >= 0.3 is 6.09 Å². The summed E-state index contributed by atoms with van der Waals surface area (Å²) in [6, 6.07) is 0. The number of carbonyl (C=O) groups excluding carboxylic acids is 2. The van der Waals surface area contributed by atoms with Crippen LogP contribution in [0.5, 0.6) is 0 Å². The minimum absolute atomic E-state index is 0.0906. The third kappa shape index (κ3) is 3.83. The van der Waals surface area contributed by atoms with Gasteiger partial charge in [-0.1, -0.05) is 12.7 Å². The lowest BCUT2D eigenvalue weighted by Gasteiger charge is -2.58. The molecule has 8 heteroatoms. The number of hydrogen-bond acceptors (Lipinski definition) is 6. The standard InChI is InChI=1S/C27H33N5O3/c1-16-3-4-18(14-31(16)2)22-12-29-24(30-13-22)19-5-6-32(15-19)26(34)35-23-20-7-17-8-21(23)11-27(9-17,10-20)25(28)33/h3-4,12-14,17,19-21,23H,1,5-11,15H2,2H3,(H2,28,33). The minimum atomic E-state index is -0.367. The molecule has 2 aliphatic heterocycles. The van der Waals surface area contributed by atoms with Crippen LogP contribution in [-0.4, -0.2) is 58.0 Å². The van der Waals surface area contributed by atoms with Gasteiger partial charge in [-0.3, -0.25) is 4.79 Å². The predicted molar refractivity (Wildman–Crippen MR) is 130 cm³/mol. The number of likely N-dealkylation sites (N-methyl/N-ethyl adjacent to an activating group) is 1. The van der Waals surface area contributed by atoms with Crippen LogP contribution < -0.4 is 5.73 Å². The summed E-state index contributed by atoms with van der Waals surface area (Å²) in [6.07, 6.45) is 14.7. The average Bonchev–Trinajstić information content (AvgIpc) is 3.33. The lowest BCUT2D eigenvalue weighted by molar-refractivity contribution is -0.161. The lowest BCUT2D eigenvalue weighted by atomic mass is 9.48.